The number of nitrogens with one attached hydrogen (secondary N) is 1. The van der Waals surface area contributed by atoms with Gasteiger partial charge in [-0.3, -0.25) is 9.59 Å². The smallest absolute Gasteiger partial charge is 0.295 e. The van der Waals surface area contributed by atoms with Gasteiger partial charge >= 0.3 is 0 Å². The number of hydrogen-bond donors (Lipinski definition) is 2. The molecule has 0 radical (unpaired) electrons. The molecule has 2 heterocycles. The number of Topliss-reactive ketones (excluding diaryl/α,β-unsaturated/α-hetero) is 1. The Morgan fingerprint density at radius 3 is 2.71 bits per heavy atom. The number of ketones is 1. The van der Waals surface area contributed by atoms with E-state index in [9.17, 15) is 19.8 Å². The van der Waals surface area contributed by atoms with E-state index < -0.39 is 23.5 Å². The van der Waals surface area contributed by atoms with Crippen molar-refractivity contribution >= 4 is 33.4 Å². The third kappa shape index (κ3) is 4.75. The van der Waals surface area contributed by atoms with E-state index >= 15 is 0 Å². The third-order valence-electron chi connectivity index (χ3n) is 6.35. The zero-order valence-electron chi connectivity index (χ0n) is 20.2. The molecule has 2 aliphatic rings. The maximum Gasteiger partial charge on any atom is 0.295 e. The number of hydrogen-bond acceptors (Lipinski definition) is 6. The fourth-order valence-electron chi connectivity index (χ4n) is 4.68. The largest absolute Gasteiger partial charge is 0.872 e. The number of aromatic hydroxyl groups is 1. The highest BCUT2D eigenvalue weighted by molar-refractivity contribution is 9.10. The molecule has 0 aromatic heterocycles. The van der Waals surface area contributed by atoms with Gasteiger partial charge in [0.1, 0.15) is 11.9 Å². The van der Waals surface area contributed by atoms with Gasteiger partial charge < -0.3 is 29.5 Å². The third-order valence-corrected chi connectivity index (χ3v) is 6.95. The maximum atomic E-state index is 13.7. The molecule has 2 aliphatic heterocycles. The van der Waals surface area contributed by atoms with Crippen LogP contribution in [-0.2, 0) is 16.0 Å². The summed E-state index contributed by atoms with van der Waals surface area (Å²) in [6.07, 6.45) is 1.34. The lowest BCUT2D eigenvalue weighted by Gasteiger charge is -2.28. The molecule has 35 heavy (non-hydrogen) atoms. The molecule has 9 heteroatoms. The first-order chi connectivity index (χ1) is 16.6. The van der Waals surface area contributed by atoms with Crippen LogP contribution in [0.5, 0.6) is 17.2 Å². The number of phenolic OH excluding ortho intramolecular Hbond substituents is 1. The average Bonchev–Trinajstić information content (AvgIpc) is 3.31. The Morgan fingerprint density at radius 2 is 2.03 bits per heavy atom. The van der Waals surface area contributed by atoms with Crippen LogP contribution in [0.25, 0.3) is 5.76 Å². The van der Waals surface area contributed by atoms with Crippen LogP contribution in [-0.4, -0.2) is 62.1 Å². The Morgan fingerprint density at radius 1 is 1.29 bits per heavy atom. The summed E-state index contributed by atoms with van der Waals surface area (Å²) >= 11 is 3.32. The number of ether oxygens (including phenoxy) is 2. The molecule has 0 spiro atoms. The van der Waals surface area contributed by atoms with Gasteiger partial charge in [0.05, 0.1) is 38.3 Å². The van der Waals surface area contributed by atoms with Gasteiger partial charge in [-0.1, -0.05) is 11.8 Å². The van der Waals surface area contributed by atoms with E-state index in [0.29, 0.717) is 35.0 Å². The van der Waals surface area contributed by atoms with Crippen LogP contribution in [0.3, 0.4) is 0 Å². The number of quaternary nitrogens is 1. The lowest BCUT2D eigenvalue weighted by atomic mass is 9.94. The minimum atomic E-state index is -0.895. The van der Waals surface area contributed by atoms with Gasteiger partial charge in [-0.05, 0) is 63.8 Å². The summed E-state index contributed by atoms with van der Waals surface area (Å²) in [6.45, 7) is 3.06. The van der Waals surface area contributed by atoms with Crippen molar-refractivity contribution in [3.8, 4) is 17.2 Å². The number of benzene rings is 2. The standard InChI is InChI=1S/C26H29BrN2O6/c1-14-10-16-11-15(6-7-19(16)35-14)23(30)21-22(17-12-18(27)24(31)20(13-17)34-4)29(26(33)25(21)32)9-5-8-28(2)3/h6-7,11-14,22,30-31H,5,8-10H2,1-4H3. The zero-order chi connectivity index (χ0) is 25.4. The molecule has 186 valence electrons. The van der Waals surface area contributed by atoms with Gasteiger partial charge in [0, 0.05) is 25.0 Å². The van der Waals surface area contributed by atoms with E-state index in [4.69, 9.17) is 9.47 Å². The lowest BCUT2D eigenvalue weighted by Crippen LogP contribution is -3.05. The van der Waals surface area contributed by atoms with Crippen molar-refractivity contribution < 1.29 is 34.2 Å². The zero-order valence-corrected chi connectivity index (χ0v) is 21.8. The molecule has 1 saturated heterocycles. The van der Waals surface area contributed by atoms with E-state index in [0.717, 1.165) is 17.9 Å². The van der Waals surface area contributed by atoms with Crippen molar-refractivity contribution in [2.24, 2.45) is 0 Å². The highest BCUT2D eigenvalue weighted by atomic mass is 79.9. The molecule has 2 unspecified atom stereocenters. The minimum Gasteiger partial charge on any atom is -0.872 e. The van der Waals surface area contributed by atoms with Crippen LogP contribution >= 0.6 is 15.9 Å². The molecule has 1 fully saturated rings. The van der Waals surface area contributed by atoms with E-state index in [1.165, 1.54) is 16.9 Å². The molecule has 0 bridgehead atoms. The first kappa shape index (κ1) is 25.1. The van der Waals surface area contributed by atoms with Crippen LogP contribution in [0.1, 0.15) is 36.1 Å². The summed E-state index contributed by atoms with van der Waals surface area (Å²) in [6, 6.07) is 7.40. The van der Waals surface area contributed by atoms with Crippen molar-refractivity contribution in [2.75, 3.05) is 34.3 Å². The topological polar surface area (TPSA) is 104 Å². The molecule has 2 aromatic carbocycles. The first-order valence-corrected chi connectivity index (χ1v) is 12.3. The van der Waals surface area contributed by atoms with Gasteiger partial charge in [-0.2, -0.15) is 0 Å². The number of rotatable bonds is 7. The van der Waals surface area contributed by atoms with Crippen LogP contribution in [0.4, 0.5) is 0 Å². The molecule has 2 N–H and O–H groups in total. The number of likely N-dealkylation sites (tertiary alicyclic amines) is 1. The van der Waals surface area contributed by atoms with Crippen LogP contribution in [0.2, 0.25) is 0 Å². The van der Waals surface area contributed by atoms with Crippen molar-refractivity contribution in [2.45, 2.75) is 31.9 Å². The summed E-state index contributed by atoms with van der Waals surface area (Å²) < 4.78 is 11.4. The van der Waals surface area contributed by atoms with Gasteiger partial charge in [-0.25, -0.2) is 0 Å². The van der Waals surface area contributed by atoms with Gasteiger partial charge in [0.2, 0.25) is 5.78 Å². The second-order valence-corrected chi connectivity index (χ2v) is 10.1. The molecular weight excluding hydrogens is 516 g/mol. The predicted octanol–water partition coefficient (Wildman–Crippen LogP) is 1.25. The van der Waals surface area contributed by atoms with E-state index in [1.54, 1.807) is 30.3 Å². The SMILES string of the molecule is COc1cc(C2C(=C([O-])c3ccc4c(c3)CC(C)O4)C(=O)C(=O)N2CCC[NH+](C)C)cc(Br)c1O. The first-order valence-electron chi connectivity index (χ1n) is 11.5. The predicted molar refractivity (Wildman–Crippen MR) is 131 cm³/mol. The van der Waals surface area contributed by atoms with Crippen molar-refractivity contribution in [1.29, 1.82) is 0 Å². The van der Waals surface area contributed by atoms with Crippen molar-refractivity contribution in [1.82, 2.24) is 4.90 Å². The lowest BCUT2D eigenvalue weighted by molar-refractivity contribution is -0.858. The Hall–Kier alpha value is -3.04. The van der Waals surface area contributed by atoms with Crippen molar-refractivity contribution in [3.05, 3.63) is 57.1 Å². The number of nitrogens with zero attached hydrogens (tertiary/aromatic N) is 1. The summed E-state index contributed by atoms with van der Waals surface area (Å²) in [4.78, 5) is 29.0. The van der Waals surface area contributed by atoms with Gasteiger partial charge in [0.15, 0.2) is 11.5 Å². The van der Waals surface area contributed by atoms with Gasteiger partial charge in [-0.15, -0.1) is 0 Å². The average molecular weight is 545 g/mol. The fraction of sp³-hybridized carbons (Fsp3) is 0.385. The van der Waals surface area contributed by atoms with Crippen molar-refractivity contribution in [3.63, 3.8) is 0 Å². The highest BCUT2D eigenvalue weighted by Crippen LogP contribution is 2.44. The minimum absolute atomic E-state index is 0.0153. The van der Waals surface area contributed by atoms with Gasteiger partial charge in [0.25, 0.3) is 5.91 Å². The molecule has 0 aliphatic carbocycles. The summed E-state index contributed by atoms with van der Waals surface area (Å²) in [5, 5.41) is 24.0. The molecule has 2 atom stereocenters. The number of phenols is 1. The van der Waals surface area contributed by atoms with E-state index in [1.807, 2.05) is 21.0 Å². The monoisotopic (exact) mass is 544 g/mol. The fourth-order valence-corrected chi connectivity index (χ4v) is 5.14. The Kier molecular flexibility index (Phi) is 7.10. The number of carbonyl (C=O) groups is 2. The summed E-state index contributed by atoms with van der Waals surface area (Å²) in [7, 11) is 5.43. The molecule has 4 rings (SSSR count). The number of fused-ring (bicyclic) bond motifs is 1. The Bertz CT molecular complexity index is 1210. The highest BCUT2D eigenvalue weighted by Gasteiger charge is 2.44. The summed E-state index contributed by atoms with van der Waals surface area (Å²) in [5.74, 6) is -1.19. The Labute approximate surface area is 212 Å². The van der Waals surface area contributed by atoms with E-state index in [-0.39, 0.29) is 23.2 Å². The van der Waals surface area contributed by atoms with Crippen LogP contribution in [0.15, 0.2) is 40.4 Å². The molecule has 1 amide bonds. The summed E-state index contributed by atoms with van der Waals surface area (Å²) in [5.41, 5.74) is 1.65. The maximum absolute atomic E-state index is 13.7. The molecule has 0 saturated carbocycles. The number of methoxy groups -OCH3 is 1. The second kappa shape index (κ2) is 9.91. The number of amides is 1. The molecule has 8 nitrogen and oxygen atoms in total. The molecular formula is C26H29BrN2O6. The number of carbonyl (C=O) groups excluding carboxylic acids is 2. The normalized spacial score (nSPS) is 20.9. The molecule has 2 aromatic rings. The second-order valence-electron chi connectivity index (χ2n) is 9.29. The Balaban J connectivity index is 1.84. The quantitative estimate of drug-likeness (QED) is 0.309. The number of halogens is 1. The van der Waals surface area contributed by atoms with Crippen LogP contribution in [0, 0.1) is 0 Å². The van der Waals surface area contributed by atoms with E-state index in [2.05, 4.69) is 15.9 Å². The van der Waals surface area contributed by atoms with Crippen LogP contribution < -0.4 is 19.5 Å².